The van der Waals surface area contributed by atoms with Gasteiger partial charge in [-0.3, -0.25) is 4.79 Å². The fraction of sp³-hybridized carbons (Fsp3) is 0.217. The molecule has 0 saturated carbocycles. The van der Waals surface area contributed by atoms with E-state index in [-0.39, 0.29) is 11.4 Å². The third kappa shape index (κ3) is 6.26. The molecule has 0 radical (unpaired) electrons. The summed E-state index contributed by atoms with van der Waals surface area (Å²) in [5, 5.41) is 5.51. The molecule has 3 heterocycles. The number of alkyl halides is 2. The number of aromatic nitrogens is 4. The van der Waals surface area contributed by atoms with E-state index < -0.39 is 6.61 Å². The highest BCUT2D eigenvalue weighted by molar-refractivity contribution is 7.99. The van der Waals surface area contributed by atoms with Crippen LogP contribution in [0.25, 0.3) is 10.8 Å². The second-order valence-electron chi connectivity index (χ2n) is 6.38. The zero-order chi connectivity index (χ0) is 23.8. The first kappa shape index (κ1) is 24.1. The maximum absolute atomic E-state index is 12.8. The summed E-state index contributed by atoms with van der Waals surface area (Å²) < 4.78 is 35.1. The lowest BCUT2D eigenvalue weighted by molar-refractivity contribution is -0.0529. The lowest BCUT2D eigenvalue weighted by Crippen LogP contribution is -2.23. The number of halogens is 2. The highest BCUT2D eigenvalue weighted by Gasteiger charge is 2.09. The minimum absolute atomic E-state index is 0.144. The number of nitrogens with zero attached hydrogens (tertiary/aromatic N) is 4. The molecule has 4 rings (SSSR count). The quantitative estimate of drug-likeness (QED) is 0.374. The Bertz CT molecular complexity index is 1250. The van der Waals surface area contributed by atoms with E-state index in [0.717, 1.165) is 15.4 Å². The van der Waals surface area contributed by atoms with Crippen molar-refractivity contribution in [2.24, 2.45) is 0 Å². The second kappa shape index (κ2) is 11.4. The van der Waals surface area contributed by atoms with E-state index in [1.54, 1.807) is 30.6 Å². The Morgan fingerprint density at radius 2 is 1.70 bits per heavy atom. The molecular formula is C23H22F2N4O3S. The Kier molecular flexibility index (Phi) is 8.31. The zero-order valence-electron chi connectivity index (χ0n) is 18.2. The van der Waals surface area contributed by atoms with Crippen molar-refractivity contribution in [1.82, 2.24) is 19.7 Å². The number of hydrogen-bond donors (Lipinski definition) is 0. The van der Waals surface area contributed by atoms with E-state index >= 15 is 0 Å². The van der Waals surface area contributed by atoms with Crippen molar-refractivity contribution in [3.05, 3.63) is 77.0 Å². The van der Waals surface area contributed by atoms with Crippen LogP contribution in [-0.4, -0.2) is 33.5 Å². The van der Waals surface area contributed by atoms with Gasteiger partial charge in [0.05, 0.1) is 25.2 Å². The van der Waals surface area contributed by atoms with Gasteiger partial charge in [-0.1, -0.05) is 31.7 Å². The first-order chi connectivity index (χ1) is 16.0. The van der Waals surface area contributed by atoms with Gasteiger partial charge in [-0.15, -0.1) is 0 Å². The molecule has 0 saturated heterocycles. The first-order valence-corrected chi connectivity index (χ1v) is 10.9. The highest BCUT2D eigenvalue weighted by atomic mass is 32.2. The number of pyridine rings is 2. The largest absolute Gasteiger partial charge is 0.481 e. The molecule has 0 spiro atoms. The van der Waals surface area contributed by atoms with Crippen molar-refractivity contribution in [2.75, 3.05) is 7.11 Å². The monoisotopic (exact) mass is 472 g/mol. The fourth-order valence-corrected chi connectivity index (χ4v) is 3.70. The van der Waals surface area contributed by atoms with E-state index in [9.17, 15) is 13.6 Å². The average Bonchev–Trinajstić information content (AvgIpc) is 2.83. The molecule has 4 aromatic rings. The maximum atomic E-state index is 12.8. The van der Waals surface area contributed by atoms with Crippen LogP contribution in [0.15, 0.2) is 75.6 Å². The van der Waals surface area contributed by atoms with Crippen molar-refractivity contribution >= 4 is 22.5 Å². The van der Waals surface area contributed by atoms with E-state index in [1.807, 2.05) is 32.0 Å². The minimum Gasteiger partial charge on any atom is -0.481 e. The summed E-state index contributed by atoms with van der Waals surface area (Å²) in [6.07, 6.45) is 4.73. The molecule has 0 unspecified atom stereocenters. The van der Waals surface area contributed by atoms with Crippen LogP contribution in [0.2, 0.25) is 0 Å². The normalized spacial score (nSPS) is 10.6. The van der Waals surface area contributed by atoms with Crippen molar-refractivity contribution < 1.29 is 18.3 Å². The minimum atomic E-state index is -2.91. The molecule has 0 fully saturated rings. The van der Waals surface area contributed by atoms with Crippen molar-refractivity contribution in [3.63, 3.8) is 0 Å². The molecule has 33 heavy (non-hydrogen) atoms. The molecule has 3 aromatic heterocycles. The molecule has 0 N–H and O–H groups in total. The van der Waals surface area contributed by atoms with Gasteiger partial charge in [-0.05, 0) is 29.8 Å². The molecular weight excluding hydrogens is 450 g/mol. The van der Waals surface area contributed by atoms with E-state index in [1.165, 1.54) is 35.8 Å². The zero-order valence-corrected chi connectivity index (χ0v) is 19.1. The molecule has 0 amide bonds. The van der Waals surface area contributed by atoms with Crippen LogP contribution in [0.3, 0.4) is 0 Å². The Labute approximate surface area is 193 Å². The van der Waals surface area contributed by atoms with Gasteiger partial charge in [0.15, 0.2) is 0 Å². The number of methoxy groups -OCH3 is 1. The summed E-state index contributed by atoms with van der Waals surface area (Å²) in [6, 6.07) is 12.0. The van der Waals surface area contributed by atoms with Gasteiger partial charge in [0, 0.05) is 39.7 Å². The van der Waals surface area contributed by atoms with Crippen LogP contribution in [0.1, 0.15) is 19.4 Å². The van der Waals surface area contributed by atoms with Crippen LogP contribution in [0, 0.1) is 0 Å². The van der Waals surface area contributed by atoms with Gasteiger partial charge in [0.25, 0.3) is 5.56 Å². The van der Waals surface area contributed by atoms with Crippen LogP contribution in [-0.2, 0) is 6.54 Å². The Morgan fingerprint density at radius 3 is 2.33 bits per heavy atom. The van der Waals surface area contributed by atoms with Crippen molar-refractivity contribution in [2.45, 2.75) is 36.8 Å². The number of ether oxygens (including phenoxy) is 2. The van der Waals surface area contributed by atoms with Gasteiger partial charge in [-0.2, -0.15) is 13.9 Å². The molecule has 0 atom stereocenters. The third-order valence-electron chi connectivity index (χ3n) is 4.32. The Morgan fingerprint density at radius 1 is 0.970 bits per heavy atom. The molecule has 1 aromatic carbocycles. The topological polar surface area (TPSA) is 79.1 Å². The van der Waals surface area contributed by atoms with E-state index in [0.29, 0.717) is 23.2 Å². The molecule has 172 valence electrons. The molecule has 0 bridgehead atoms. The second-order valence-corrected chi connectivity index (χ2v) is 7.52. The fourth-order valence-electron chi connectivity index (χ4n) is 2.86. The number of hydrogen-bond acceptors (Lipinski definition) is 7. The predicted octanol–water partition coefficient (Wildman–Crippen LogP) is 5.02. The SMILES string of the molecule is CC.COc1ccc(Cn2ncc3cc(Sc4ccc(OC(F)F)nc4)ccc3c2=O)cn1. The van der Waals surface area contributed by atoms with Crippen LogP contribution >= 0.6 is 11.8 Å². The standard InChI is InChI=1S/C21H16F2N4O3S.C2H6/c1-29-18-6-2-13(9-24-18)12-27-20(28)17-5-3-15(8-14(17)10-26-27)31-16-4-7-19(25-11-16)30-21(22)23;1-2/h2-11,21H,12H2,1H3;1-2H3. The number of fused-ring (bicyclic) bond motifs is 1. The Hall–Kier alpha value is -3.53. The molecule has 0 aliphatic carbocycles. The van der Waals surface area contributed by atoms with Gasteiger partial charge in [-0.25, -0.2) is 14.6 Å². The smallest absolute Gasteiger partial charge is 0.388 e. The van der Waals surface area contributed by atoms with Crippen molar-refractivity contribution in [1.29, 1.82) is 0 Å². The van der Waals surface area contributed by atoms with Gasteiger partial charge in [0.1, 0.15) is 0 Å². The molecule has 0 aliphatic heterocycles. The van der Waals surface area contributed by atoms with E-state index in [4.69, 9.17) is 4.74 Å². The number of rotatable bonds is 7. The molecule has 7 nitrogen and oxygen atoms in total. The summed E-state index contributed by atoms with van der Waals surface area (Å²) in [7, 11) is 1.54. The van der Waals surface area contributed by atoms with Crippen LogP contribution in [0.5, 0.6) is 11.8 Å². The summed E-state index contributed by atoms with van der Waals surface area (Å²) >= 11 is 1.38. The van der Waals surface area contributed by atoms with Crippen LogP contribution in [0.4, 0.5) is 8.78 Å². The predicted molar refractivity (Wildman–Crippen MR) is 122 cm³/mol. The third-order valence-corrected chi connectivity index (χ3v) is 5.28. The summed E-state index contributed by atoms with van der Waals surface area (Å²) in [5.74, 6) is 0.355. The molecule has 10 heteroatoms. The summed E-state index contributed by atoms with van der Waals surface area (Å²) in [4.78, 5) is 22.4. The van der Waals surface area contributed by atoms with Gasteiger partial charge < -0.3 is 9.47 Å². The first-order valence-electron chi connectivity index (χ1n) is 10.1. The number of benzene rings is 1. The lowest BCUT2D eigenvalue weighted by Gasteiger charge is -2.08. The van der Waals surface area contributed by atoms with Crippen molar-refractivity contribution in [3.8, 4) is 11.8 Å². The Balaban J connectivity index is 0.00000149. The van der Waals surface area contributed by atoms with Crippen LogP contribution < -0.4 is 15.0 Å². The van der Waals surface area contributed by atoms with E-state index in [2.05, 4.69) is 19.8 Å². The maximum Gasteiger partial charge on any atom is 0.388 e. The van der Waals surface area contributed by atoms with Gasteiger partial charge >= 0.3 is 6.61 Å². The van der Waals surface area contributed by atoms with Gasteiger partial charge in [0.2, 0.25) is 11.8 Å². The summed E-state index contributed by atoms with van der Waals surface area (Å²) in [5.41, 5.74) is 0.619. The summed E-state index contributed by atoms with van der Waals surface area (Å²) in [6.45, 7) is 1.38. The molecule has 0 aliphatic rings. The highest BCUT2D eigenvalue weighted by Crippen LogP contribution is 2.29. The lowest BCUT2D eigenvalue weighted by atomic mass is 10.2. The average molecular weight is 473 g/mol.